The molecule has 2 heterocycles. The van der Waals surface area contributed by atoms with Gasteiger partial charge in [-0.1, -0.05) is 309 Å². The number of carbonyl (C=O) groups excluding carboxylic acids is 4. The molecule has 3 fully saturated rings. The van der Waals surface area contributed by atoms with Crippen molar-refractivity contribution in [3.63, 3.8) is 0 Å². The van der Waals surface area contributed by atoms with Crippen molar-refractivity contribution in [2.45, 2.75) is 491 Å². The lowest BCUT2D eigenvalue weighted by atomic mass is 9.84. The van der Waals surface area contributed by atoms with E-state index in [-0.39, 0.29) is 25.7 Å². The highest BCUT2D eigenvalue weighted by atomic mass is 31.2. The lowest BCUT2D eigenvalue weighted by Gasteiger charge is -2.50. The fourth-order valence-electron chi connectivity index (χ4n) is 15.1. The zero-order valence-corrected chi connectivity index (χ0v) is 72.5. The summed E-state index contributed by atoms with van der Waals surface area (Å²) in [6.07, 6.45) is 27.6. The van der Waals surface area contributed by atoms with E-state index in [4.69, 9.17) is 46.9 Å². The summed E-state index contributed by atoms with van der Waals surface area (Å²) in [5, 5.41) is 102. The van der Waals surface area contributed by atoms with Gasteiger partial charge in [0.15, 0.2) is 24.8 Å². The Morgan fingerprint density at radius 1 is 0.339 bits per heavy atom. The lowest BCUT2D eigenvalue weighted by Crippen LogP contribution is -2.70. The summed E-state index contributed by atoms with van der Waals surface area (Å²) in [4.78, 5) is 66.3. The number of aliphatic hydroxyl groups excluding tert-OH is 9. The molecule has 0 bridgehead atoms. The van der Waals surface area contributed by atoms with Gasteiger partial charge in [0.1, 0.15) is 92.6 Å². The normalized spacial score (nSPS) is 25.3. The third-order valence-corrected chi connectivity index (χ3v) is 23.4. The number of allylic oxidation sites excluding steroid dienone is 4. The van der Waals surface area contributed by atoms with Gasteiger partial charge >= 0.3 is 31.7 Å². The van der Waals surface area contributed by atoms with Crippen LogP contribution in [0.2, 0.25) is 0 Å². The van der Waals surface area contributed by atoms with Crippen LogP contribution in [0.3, 0.4) is 0 Å². The molecule has 0 spiro atoms. The maximum Gasteiger partial charge on any atom is 0.472 e. The van der Waals surface area contributed by atoms with Crippen LogP contribution in [0.4, 0.5) is 0 Å². The molecule has 2 aliphatic heterocycles. The van der Waals surface area contributed by atoms with Gasteiger partial charge in [0.2, 0.25) is 0 Å². The Hall–Kier alpha value is -3.05. The van der Waals surface area contributed by atoms with Gasteiger partial charge in [-0.15, -0.1) is 0 Å². The highest BCUT2D eigenvalue weighted by Crippen LogP contribution is 2.49. The topological polar surface area (TPSA) is 380 Å². The summed E-state index contributed by atoms with van der Waals surface area (Å²) >= 11 is 0. The summed E-state index contributed by atoms with van der Waals surface area (Å²) in [6.45, 7) is 5.55. The summed E-state index contributed by atoms with van der Waals surface area (Å²) in [6, 6.07) is 0. The first-order valence-electron chi connectivity index (χ1n) is 46.1. The zero-order chi connectivity index (χ0) is 84.0. The standard InChI is InChI=1S/C89H163O25P/c1-5-9-13-17-21-25-29-33-35-39-42-45-49-53-57-61-72(91)105-66-69(108-74(93)63-59-55-51-47-43-38-32-28-24-20-16-12-8-4)67-107-115(103,104)114-87-85(112-88-82(101)78(97)76(95)70(65-90)109-88)81(100)80(99)84(111-75(94)64-60-56-52-48-44-40-36-34-30-26-22-18-14-10-6-2)86(87)113-89-83(102)79(98)77(96)71(110-89)68-106-73(92)62-58-54-50-46-41-37-31-27-23-19-15-11-7-3/h26,30,38,43,69-71,76-90,95-102H,5-25,27-29,31-37,39-42,44-68H2,1-4H3,(H,103,104)/b30-26-,43-38-. The second-order valence-electron chi connectivity index (χ2n) is 32.8. The molecule has 0 aromatic carbocycles. The molecule has 674 valence electrons. The predicted octanol–water partition coefficient (Wildman–Crippen LogP) is 16.5. The Balaban J connectivity index is 1.93. The van der Waals surface area contributed by atoms with Crippen LogP contribution in [0.25, 0.3) is 0 Å². The Morgan fingerprint density at radius 3 is 1.05 bits per heavy atom. The van der Waals surface area contributed by atoms with Gasteiger partial charge in [-0.3, -0.25) is 28.2 Å². The summed E-state index contributed by atoms with van der Waals surface area (Å²) in [7, 11) is -5.81. The first-order valence-corrected chi connectivity index (χ1v) is 47.6. The van der Waals surface area contributed by atoms with Crippen molar-refractivity contribution >= 4 is 31.7 Å². The van der Waals surface area contributed by atoms with Gasteiger partial charge in [0.05, 0.1) is 13.2 Å². The van der Waals surface area contributed by atoms with Gasteiger partial charge in [0, 0.05) is 25.7 Å². The molecule has 3 aliphatic rings. The van der Waals surface area contributed by atoms with E-state index in [1.807, 2.05) is 0 Å². The van der Waals surface area contributed by atoms with Crippen molar-refractivity contribution in [3.8, 4) is 0 Å². The van der Waals surface area contributed by atoms with E-state index in [1.165, 1.54) is 161 Å². The average molecular weight is 1660 g/mol. The number of hydrogen-bond donors (Lipinski definition) is 10. The molecular formula is C89H163O25P. The van der Waals surface area contributed by atoms with E-state index in [2.05, 4.69) is 52.0 Å². The van der Waals surface area contributed by atoms with Crippen LogP contribution >= 0.6 is 7.82 Å². The van der Waals surface area contributed by atoms with Crippen LogP contribution in [-0.2, 0) is 70.7 Å². The van der Waals surface area contributed by atoms with Crippen LogP contribution in [0.5, 0.6) is 0 Å². The smallest absolute Gasteiger partial charge is 0.463 e. The molecule has 26 heteroatoms. The minimum atomic E-state index is -5.81. The Bertz CT molecular complexity index is 2490. The molecular weight excluding hydrogens is 1500 g/mol. The van der Waals surface area contributed by atoms with Gasteiger partial charge in [0.25, 0.3) is 0 Å². The highest BCUT2D eigenvalue weighted by Gasteiger charge is 2.60. The van der Waals surface area contributed by atoms with Crippen LogP contribution in [0, 0.1) is 0 Å². The van der Waals surface area contributed by atoms with E-state index in [1.54, 1.807) is 0 Å². The Kier molecular flexibility index (Phi) is 63.2. The number of phosphoric ester groups is 1. The van der Waals surface area contributed by atoms with E-state index in [0.717, 1.165) is 135 Å². The van der Waals surface area contributed by atoms with Crippen LogP contribution in [0.15, 0.2) is 24.3 Å². The number of unbranched alkanes of at least 4 members (excludes halogenated alkanes) is 46. The summed E-state index contributed by atoms with van der Waals surface area (Å²) in [5.74, 6) is -2.98. The molecule has 3 rings (SSSR count). The zero-order valence-electron chi connectivity index (χ0n) is 71.6. The Morgan fingerprint density at radius 2 is 0.652 bits per heavy atom. The molecule has 2 saturated heterocycles. The number of phosphoric acid groups is 1. The molecule has 1 saturated carbocycles. The predicted molar refractivity (Wildman–Crippen MR) is 444 cm³/mol. The van der Waals surface area contributed by atoms with Gasteiger partial charge in [-0.2, -0.15) is 0 Å². The SMILES string of the molecule is CCCCCC/C=C\CCCCCCCCCC(=O)OC1C(O)C(O)C(OC2OC(CO)C(O)C(O)C2O)C(OP(=O)(O)OCC(COC(=O)CCCCCCCCCCCCCCCCC)OC(=O)CCCCC/C=C\CCCCCCCC)C1OC1OC(COC(=O)CCCCCCCCCCCCCCC)C(O)C(O)C1O. The first kappa shape index (κ1) is 106. The molecule has 0 radical (unpaired) electrons. The van der Waals surface area contributed by atoms with Gasteiger partial charge in [-0.25, -0.2) is 4.57 Å². The molecule has 25 nitrogen and oxygen atoms in total. The van der Waals surface area contributed by atoms with Crippen molar-refractivity contribution < 1.29 is 122 Å². The van der Waals surface area contributed by atoms with Crippen molar-refractivity contribution in [2.24, 2.45) is 0 Å². The molecule has 0 amide bonds. The monoisotopic (exact) mass is 1660 g/mol. The second-order valence-corrected chi connectivity index (χ2v) is 34.2. The summed E-state index contributed by atoms with van der Waals surface area (Å²) in [5.41, 5.74) is 0. The molecule has 18 atom stereocenters. The maximum absolute atomic E-state index is 14.9. The first-order chi connectivity index (χ1) is 55.7. The number of hydrogen-bond acceptors (Lipinski definition) is 24. The second kappa shape index (κ2) is 68.5. The largest absolute Gasteiger partial charge is 0.472 e. The molecule has 10 N–H and O–H groups in total. The Labute approximate surface area is 692 Å². The van der Waals surface area contributed by atoms with E-state index in [0.29, 0.717) is 38.5 Å². The van der Waals surface area contributed by atoms with Gasteiger partial charge in [-0.05, 0) is 77.0 Å². The average Bonchev–Trinajstić information content (AvgIpc) is 0.754. The lowest BCUT2D eigenvalue weighted by molar-refractivity contribution is -0.360. The number of esters is 4. The number of carbonyl (C=O) groups is 4. The molecule has 115 heavy (non-hydrogen) atoms. The maximum atomic E-state index is 14.9. The number of ether oxygens (including phenoxy) is 8. The van der Waals surface area contributed by atoms with Crippen LogP contribution in [-0.4, -0.2) is 205 Å². The third-order valence-electron chi connectivity index (χ3n) is 22.4. The third kappa shape index (κ3) is 49.0. The van der Waals surface area contributed by atoms with E-state index in [9.17, 15) is 74.6 Å². The van der Waals surface area contributed by atoms with Crippen molar-refractivity contribution in [1.82, 2.24) is 0 Å². The van der Waals surface area contributed by atoms with Crippen LogP contribution in [0.1, 0.15) is 387 Å². The fraction of sp³-hybridized carbons (Fsp3) is 0.910. The van der Waals surface area contributed by atoms with Crippen molar-refractivity contribution in [3.05, 3.63) is 24.3 Å². The number of aliphatic hydroxyl groups is 9. The molecule has 1 aliphatic carbocycles. The van der Waals surface area contributed by atoms with Gasteiger partial charge < -0.3 is 88.7 Å². The molecule has 0 aromatic heterocycles. The summed E-state index contributed by atoms with van der Waals surface area (Å²) < 4.78 is 73.3. The minimum absolute atomic E-state index is 0.0160. The van der Waals surface area contributed by atoms with Crippen molar-refractivity contribution in [1.29, 1.82) is 0 Å². The van der Waals surface area contributed by atoms with Crippen LogP contribution < -0.4 is 0 Å². The minimum Gasteiger partial charge on any atom is -0.463 e. The molecule has 18 unspecified atom stereocenters. The fourth-order valence-corrected chi connectivity index (χ4v) is 16.0. The van der Waals surface area contributed by atoms with E-state index < -0.39 is 162 Å². The number of rotatable bonds is 74. The van der Waals surface area contributed by atoms with Crippen molar-refractivity contribution in [2.75, 3.05) is 26.4 Å². The van der Waals surface area contributed by atoms with E-state index >= 15 is 0 Å². The highest BCUT2D eigenvalue weighted by molar-refractivity contribution is 7.47. The molecule has 0 aromatic rings. The quantitative estimate of drug-likeness (QED) is 0.00889.